The summed E-state index contributed by atoms with van der Waals surface area (Å²) in [5.41, 5.74) is 8.28. The number of nitrogens with zero attached hydrogens (tertiary/aromatic N) is 4. The summed E-state index contributed by atoms with van der Waals surface area (Å²) in [7, 11) is 0. The molecule has 6 nitrogen and oxygen atoms in total. The topological polar surface area (TPSA) is 78.9 Å². The van der Waals surface area contributed by atoms with E-state index in [1.807, 2.05) is 38.4 Å². The van der Waals surface area contributed by atoms with Crippen LogP contribution in [0.15, 0.2) is 78.3 Å². The Kier molecular flexibility index (Phi) is 6.64. The summed E-state index contributed by atoms with van der Waals surface area (Å²) in [4.78, 5) is 13.6. The molecule has 0 amide bonds. The van der Waals surface area contributed by atoms with Crippen LogP contribution in [0.5, 0.6) is 0 Å². The maximum Gasteiger partial charge on any atom is 0.131 e. The molecule has 0 saturated carbocycles. The van der Waals surface area contributed by atoms with E-state index in [0.717, 1.165) is 57.7 Å². The van der Waals surface area contributed by atoms with Crippen LogP contribution in [0.1, 0.15) is 30.7 Å². The van der Waals surface area contributed by atoms with E-state index in [1.165, 1.54) is 6.07 Å². The number of pyridine rings is 2. The van der Waals surface area contributed by atoms with E-state index >= 15 is 0 Å². The van der Waals surface area contributed by atoms with Crippen molar-refractivity contribution >= 4 is 22.3 Å². The number of hydrogen-bond acceptors (Lipinski definition) is 5. The van der Waals surface area contributed by atoms with E-state index < -0.39 is 0 Å². The lowest BCUT2D eigenvalue weighted by molar-refractivity contribution is 0.631. The minimum absolute atomic E-state index is 0.307. The smallest absolute Gasteiger partial charge is 0.131 e. The molecule has 0 aliphatic carbocycles. The average Bonchev–Trinajstić information content (AvgIpc) is 3.33. The predicted molar refractivity (Wildman–Crippen MR) is 143 cm³/mol. The Bertz CT molecular complexity index is 1570. The summed E-state index contributed by atoms with van der Waals surface area (Å²) in [6, 6.07) is 15.0. The van der Waals surface area contributed by atoms with Crippen molar-refractivity contribution in [3.8, 4) is 22.3 Å². The molecule has 0 aliphatic rings. The standard InChI is InChI=1S/C29H27FN6/c1-4-31-14-20-11-22(16-33-15-20)21-9-10-27-24(12-21)29(36-35-27)19(3)34-28-18(2)13-32-17-25(28)23-7-5-6-8-26(23)30/h5-13,15-17,31H,4,14H2,1-3H3,(H,35,36)/b34-19+. The average molecular weight is 479 g/mol. The number of hydrogen-bond donors (Lipinski definition) is 2. The van der Waals surface area contributed by atoms with Gasteiger partial charge >= 0.3 is 0 Å². The van der Waals surface area contributed by atoms with Gasteiger partial charge in [-0.1, -0.05) is 31.2 Å². The molecule has 0 fully saturated rings. The van der Waals surface area contributed by atoms with E-state index in [0.29, 0.717) is 16.8 Å². The molecular formula is C29H27FN6. The second kappa shape index (κ2) is 10.2. The quantitative estimate of drug-likeness (QED) is 0.266. The monoisotopic (exact) mass is 478 g/mol. The van der Waals surface area contributed by atoms with E-state index in [1.54, 1.807) is 24.5 Å². The molecule has 5 rings (SSSR count). The molecule has 7 heteroatoms. The van der Waals surface area contributed by atoms with Gasteiger partial charge in [0.05, 0.1) is 16.9 Å². The van der Waals surface area contributed by atoms with E-state index in [2.05, 4.69) is 50.6 Å². The molecule has 2 N–H and O–H groups in total. The number of H-pyrrole nitrogens is 1. The summed E-state index contributed by atoms with van der Waals surface area (Å²) in [5, 5.41) is 12.0. The maximum absolute atomic E-state index is 14.6. The van der Waals surface area contributed by atoms with Gasteiger partial charge in [-0.25, -0.2) is 4.39 Å². The zero-order valence-corrected chi connectivity index (χ0v) is 20.5. The molecule has 0 spiro atoms. The van der Waals surface area contributed by atoms with Crippen LogP contribution in [-0.4, -0.2) is 32.4 Å². The van der Waals surface area contributed by atoms with Gasteiger partial charge in [0.1, 0.15) is 11.5 Å². The summed E-state index contributed by atoms with van der Waals surface area (Å²) < 4.78 is 14.6. The van der Waals surface area contributed by atoms with Crippen LogP contribution in [0.4, 0.5) is 10.1 Å². The van der Waals surface area contributed by atoms with Crippen LogP contribution in [-0.2, 0) is 6.54 Å². The first-order valence-corrected chi connectivity index (χ1v) is 11.9. The molecule has 0 aliphatic heterocycles. The normalized spacial score (nSPS) is 11.8. The lowest BCUT2D eigenvalue weighted by Gasteiger charge is -2.10. The first-order valence-electron chi connectivity index (χ1n) is 11.9. The Morgan fingerprint density at radius 3 is 2.64 bits per heavy atom. The highest BCUT2D eigenvalue weighted by atomic mass is 19.1. The van der Waals surface area contributed by atoms with Crippen molar-refractivity contribution < 1.29 is 4.39 Å². The zero-order chi connectivity index (χ0) is 25.1. The second-order valence-corrected chi connectivity index (χ2v) is 8.72. The highest BCUT2D eigenvalue weighted by Crippen LogP contribution is 2.35. The number of aromatic amines is 1. The van der Waals surface area contributed by atoms with E-state index in [-0.39, 0.29) is 5.82 Å². The van der Waals surface area contributed by atoms with Gasteiger partial charge in [-0.3, -0.25) is 20.1 Å². The summed E-state index contributed by atoms with van der Waals surface area (Å²) in [6.07, 6.45) is 7.16. The number of rotatable bonds is 7. The van der Waals surface area contributed by atoms with Crippen LogP contribution >= 0.6 is 0 Å². The van der Waals surface area contributed by atoms with E-state index in [9.17, 15) is 4.39 Å². The lowest BCUT2D eigenvalue weighted by Crippen LogP contribution is -2.11. The Morgan fingerprint density at radius 1 is 0.972 bits per heavy atom. The molecule has 3 heterocycles. The SMILES string of the molecule is CCNCc1cncc(-c2ccc3[nH]nc(/C(C)=N/c4c(C)cncc4-c4ccccc4F)c3c2)c1. The van der Waals surface area contributed by atoms with Crippen molar-refractivity contribution in [2.24, 2.45) is 4.99 Å². The number of nitrogens with one attached hydrogen (secondary N) is 2. The van der Waals surface area contributed by atoms with Crippen LogP contribution in [0, 0.1) is 12.7 Å². The fourth-order valence-corrected chi connectivity index (χ4v) is 4.28. The number of aliphatic imine (C=N–C) groups is 1. The molecule has 0 saturated heterocycles. The molecule has 0 radical (unpaired) electrons. The van der Waals surface area contributed by atoms with Crippen molar-refractivity contribution in [1.29, 1.82) is 0 Å². The third-order valence-electron chi connectivity index (χ3n) is 6.16. The third-order valence-corrected chi connectivity index (χ3v) is 6.16. The molecular weight excluding hydrogens is 451 g/mol. The Hall–Kier alpha value is -4.23. The minimum Gasteiger partial charge on any atom is -0.313 e. The number of halogens is 1. The lowest BCUT2D eigenvalue weighted by atomic mass is 10.0. The third kappa shape index (κ3) is 4.65. The van der Waals surface area contributed by atoms with Gasteiger partial charge < -0.3 is 5.32 Å². The number of fused-ring (bicyclic) bond motifs is 1. The van der Waals surface area contributed by atoms with Crippen LogP contribution in [0.3, 0.4) is 0 Å². The molecule has 180 valence electrons. The highest BCUT2D eigenvalue weighted by molar-refractivity contribution is 6.09. The van der Waals surface area contributed by atoms with Gasteiger partial charge in [0.15, 0.2) is 0 Å². The van der Waals surface area contributed by atoms with Crippen LogP contribution in [0.25, 0.3) is 33.2 Å². The summed E-state index contributed by atoms with van der Waals surface area (Å²) in [5.74, 6) is -0.307. The van der Waals surface area contributed by atoms with Gasteiger partial charge in [0, 0.05) is 53.4 Å². The first kappa shape index (κ1) is 23.5. The second-order valence-electron chi connectivity index (χ2n) is 8.72. The van der Waals surface area contributed by atoms with Gasteiger partial charge in [0.25, 0.3) is 0 Å². The van der Waals surface area contributed by atoms with Crippen molar-refractivity contribution in [1.82, 2.24) is 25.5 Å². The molecule has 5 aromatic rings. The fraction of sp³-hybridized carbons (Fsp3) is 0.172. The minimum atomic E-state index is -0.307. The van der Waals surface area contributed by atoms with Gasteiger partial charge in [-0.15, -0.1) is 0 Å². The Morgan fingerprint density at radius 2 is 1.81 bits per heavy atom. The molecule has 36 heavy (non-hydrogen) atoms. The zero-order valence-electron chi connectivity index (χ0n) is 20.5. The highest BCUT2D eigenvalue weighted by Gasteiger charge is 2.15. The van der Waals surface area contributed by atoms with Gasteiger partial charge in [0.2, 0.25) is 0 Å². The molecule has 0 unspecified atom stereocenters. The first-order chi connectivity index (χ1) is 17.5. The van der Waals surface area contributed by atoms with Gasteiger partial charge in [-0.05, 0) is 61.3 Å². The van der Waals surface area contributed by atoms with Crippen molar-refractivity contribution in [2.45, 2.75) is 27.3 Å². The van der Waals surface area contributed by atoms with Crippen molar-refractivity contribution in [2.75, 3.05) is 6.54 Å². The van der Waals surface area contributed by atoms with Crippen LogP contribution in [0.2, 0.25) is 0 Å². The Labute approximate surface area is 209 Å². The molecule has 0 bridgehead atoms. The number of aryl methyl sites for hydroxylation is 1. The van der Waals surface area contributed by atoms with Gasteiger partial charge in [-0.2, -0.15) is 5.10 Å². The van der Waals surface area contributed by atoms with Crippen molar-refractivity contribution in [3.63, 3.8) is 0 Å². The number of aromatic nitrogens is 4. The van der Waals surface area contributed by atoms with Crippen LogP contribution < -0.4 is 5.32 Å². The predicted octanol–water partition coefficient (Wildman–Crippen LogP) is 6.38. The maximum atomic E-state index is 14.6. The molecule has 2 aromatic carbocycles. The fourth-order valence-electron chi connectivity index (χ4n) is 4.28. The van der Waals surface area contributed by atoms with Crippen molar-refractivity contribution in [3.05, 3.63) is 96.0 Å². The number of benzene rings is 2. The summed E-state index contributed by atoms with van der Waals surface area (Å²) >= 11 is 0. The Balaban J connectivity index is 1.57. The molecule has 0 atom stereocenters. The summed E-state index contributed by atoms with van der Waals surface area (Å²) in [6.45, 7) is 7.62. The largest absolute Gasteiger partial charge is 0.313 e. The molecule has 3 aromatic heterocycles. The van der Waals surface area contributed by atoms with E-state index in [4.69, 9.17) is 4.99 Å².